The first kappa shape index (κ1) is 15.5. The van der Waals surface area contributed by atoms with Crippen LogP contribution in [0, 0.1) is 11.8 Å². The van der Waals surface area contributed by atoms with Gasteiger partial charge in [-0.2, -0.15) is 0 Å². The Morgan fingerprint density at radius 3 is 2.78 bits per heavy atom. The minimum atomic E-state index is 0.369. The van der Waals surface area contributed by atoms with Gasteiger partial charge in [-0.25, -0.2) is 0 Å². The van der Waals surface area contributed by atoms with Crippen molar-refractivity contribution in [1.29, 1.82) is 0 Å². The predicted molar refractivity (Wildman–Crippen MR) is 76.5 cm³/mol. The van der Waals surface area contributed by atoms with E-state index in [0.29, 0.717) is 11.8 Å². The molecule has 0 bridgehead atoms. The minimum absolute atomic E-state index is 0.369. The van der Waals surface area contributed by atoms with Crippen molar-refractivity contribution in [2.45, 2.75) is 52.9 Å². The monoisotopic (exact) mass is 254 g/mol. The van der Waals surface area contributed by atoms with Gasteiger partial charge >= 0.3 is 0 Å². The Labute approximate surface area is 112 Å². The molecule has 1 heterocycles. The van der Waals surface area contributed by atoms with Crippen LogP contribution in [0.1, 0.15) is 52.9 Å². The highest BCUT2D eigenvalue weighted by Crippen LogP contribution is 2.25. The first-order valence-corrected chi connectivity index (χ1v) is 7.63. The molecule has 18 heavy (non-hydrogen) atoms. The van der Waals surface area contributed by atoms with E-state index in [0.717, 1.165) is 51.4 Å². The lowest BCUT2D eigenvalue weighted by atomic mass is 9.89. The SMILES string of the molecule is CCCNCCCN1CCC(C(C)C)CCC1=O. The molecule has 1 N–H and O–H groups in total. The van der Waals surface area contributed by atoms with Gasteiger partial charge in [0, 0.05) is 19.5 Å². The fourth-order valence-corrected chi connectivity index (χ4v) is 2.66. The summed E-state index contributed by atoms with van der Waals surface area (Å²) in [6, 6.07) is 0. The van der Waals surface area contributed by atoms with E-state index in [1.807, 2.05) is 0 Å². The summed E-state index contributed by atoms with van der Waals surface area (Å²) in [5.74, 6) is 1.81. The third-order valence-electron chi connectivity index (χ3n) is 4.00. The van der Waals surface area contributed by atoms with Crippen molar-refractivity contribution in [3.05, 3.63) is 0 Å². The van der Waals surface area contributed by atoms with E-state index >= 15 is 0 Å². The Morgan fingerprint density at radius 1 is 1.33 bits per heavy atom. The topological polar surface area (TPSA) is 32.3 Å². The van der Waals surface area contributed by atoms with Crippen molar-refractivity contribution in [3.8, 4) is 0 Å². The number of likely N-dealkylation sites (tertiary alicyclic amines) is 1. The van der Waals surface area contributed by atoms with E-state index in [4.69, 9.17) is 0 Å². The predicted octanol–water partition coefficient (Wildman–Crippen LogP) is 2.66. The standard InChI is InChI=1S/C15H30N2O/c1-4-9-16-10-5-11-17-12-8-14(13(2)3)6-7-15(17)18/h13-14,16H,4-12H2,1-3H3. The highest BCUT2D eigenvalue weighted by molar-refractivity contribution is 5.76. The van der Waals surface area contributed by atoms with E-state index in [2.05, 4.69) is 31.0 Å². The number of hydrogen-bond donors (Lipinski definition) is 1. The molecule has 3 nitrogen and oxygen atoms in total. The average Bonchev–Trinajstić information content (AvgIpc) is 2.52. The van der Waals surface area contributed by atoms with Crippen LogP contribution in [0.5, 0.6) is 0 Å². The Kier molecular flexibility index (Phi) is 7.33. The summed E-state index contributed by atoms with van der Waals surface area (Å²) in [7, 11) is 0. The molecular weight excluding hydrogens is 224 g/mol. The second kappa shape index (κ2) is 8.52. The summed E-state index contributed by atoms with van der Waals surface area (Å²) in [5, 5.41) is 3.39. The summed E-state index contributed by atoms with van der Waals surface area (Å²) in [5.41, 5.74) is 0. The van der Waals surface area contributed by atoms with E-state index in [1.54, 1.807) is 0 Å². The van der Waals surface area contributed by atoms with Gasteiger partial charge < -0.3 is 10.2 Å². The fourth-order valence-electron chi connectivity index (χ4n) is 2.66. The van der Waals surface area contributed by atoms with E-state index in [9.17, 15) is 4.79 Å². The lowest BCUT2D eigenvalue weighted by molar-refractivity contribution is -0.130. The zero-order chi connectivity index (χ0) is 13.4. The lowest BCUT2D eigenvalue weighted by Crippen LogP contribution is -2.33. The van der Waals surface area contributed by atoms with Crippen LogP contribution in [0.25, 0.3) is 0 Å². The Morgan fingerprint density at radius 2 is 2.11 bits per heavy atom. The Bertz CT molecular complexity index is 241. The highest BCUT2D eigenvalue weighted by atomic mass is 16.2. The molecule has 0 aromatic carbocycles. The number of rotatable bonds is 7. The van der Waals surface area contributed by atoms with Crippen molar-refractivity contribution >= 4 is 5.91 Å². The second-order valence-corrected chi connectivity index (χ2v) is 5.82. The molecule has 1 unspecified atom stereocenters. The van der Waals surface area contributed by atoms with Gasteiger partial charge in [0.15, 0.2) is 0 Å². The third-order valence-corrected chi connectivity index (χ3v) is 4.00. The number of nitrogens with one attached hydrogen (secondary N) is 1. The van der Waals surface area contributed by atoms with Crippen LogP contribution in [-0.4, -0.2) is 37.0 Å². The molecule has 0 aliphatic carbocycles. The normalized spacial score (nSPS) is 21.4. The average molecular weight is 254 g/mol. The first-order valence-electron chi connectivity index (χ1n) is 7.63. The summed E-state index contributed by atoms with van der Waals surface area (Å²) < 4.78 is 0. The van der Waals surface area contributed by atoms with Crippen LogP contribution < -0.4 is 5.32 Å². The quantitative estimate of drug-likeness (QED) is 0.708. The van der Waals surface area contributed by atoms with Crippen LogP contribution in [0.4, 0.5) is 0 Å². The van der Waals surface area contributed by atoms with Gasteiger partial charge in [-0.15, -0.1) is 0 Å². The second-order valence-electron chi connectivity index (χ2n) is 5.82. The molecule has 0 radical (unpaired) electrons. The highest BCUT2D eigenvalue weighted by Gasteiger charge is 2.23. The Balaban J connectivity index is 2.25. The molecule has 0 spiro atoms. The van der Waals surface area contributed by atoms with Gasteiger partial charge in [0.2, 0.25) is 5.91 Å². The van der Waals surface area contributed by atoms with E-state index < -0.39 is 0 Å². The maximum Gasteiger partial charge on any atom is 0.222 e. The van der Waals surface area contributed by atoms with Crippen LogP contribution in [0.3, 0.4) is 0 Å². The number of nitrogens with zero attached hydrogens (tertiary/aromatic N) is 1. The number of hydrogen-bond acceptors (Lipinski definition) is 2. The molecular formula is C15H30N2O. The minimum Gasteiger partial charge on any atom is -0.343 e. The van der Waals surface area contributed by atoms with Crippen LogP contribution in [0.2, 0.25) is 0 Å². The van der Waals surface area contributed by atoms with E-state index in [-0.39, 0.29) is 0 Å². The molecule has 1 aliphatic heterocycles. The zero-order valence-electron chi connectivity index (χ0n) is 12.4. The molecule has 1 saturated heterocycles. The molecule has 1 fully saturated rings. The molecule has 1 amide bonds. The molecule has 0 saturated carbocycles. The van der Waals surface area contributed by atoms with Crippen LogP contribution >= 0.6 is 0 Å². The van der Waals surface area contributed by atoms with Gasteiger partial charge in [-0.1, -0.05) is 20.8 Å². The molecule has 0 aromatic heterocycles. The number of amides is 1. The largest absolute Gasteiger partial charge is 0.343 e. The van der Waals surface area contributed by atoms with Crippen molar-refractivity contribution in [2.75, 3.05) is 26.2 Å². The zero-order valence-corrected chi connectivity index (χ0v) is 12.4. The summed E-state index contributed by atoms with van der Waals surface area (Å²) in [4.78, 5) is 14.1. The maximum atomic E-state index is 12.0. The van der Waals surface area contributed by atoms with Crippen molar-refractivity contribution < 1.29 is 4.79 Å². The third kappa shape index (κ3) is 5.38. The summed E-state index contributed by atoms with van der Waals surface area (Å²) in [6.45, 7) is 10.8. The molecule has 0 aromatic rings. The Hall–Kier alpha value is -0.570. The molecule has 1 atom stereocenters. The van der Waals surface area contributed by atoms with Crippen LogP contribution in [0.15, 0.2) is 0 Å². The van der Waals surface area contributed by atoms with Gasteiger partial charge in [-0.3, -0.25) is 4.79 Å². The molecule has 1 aliphatic rings. The first-order chi connectivity index (χ1) is 8.65. The van der Waals surface area contributed by atoms with Crippen molar-refractivity contribution in [1.82, 2.24) is 10.2 Å². The number of carbonyl (C=O) groups excluding carboxylic acids is 1. The van der Waals surface area contributed by atoms with Gasteiger partial charge in [-0.05, 0) is 50.6 Å². The van der Waals surface area contributed by atoms with Gasteiger partial charge in [0.1, 0.15) is 0 Å². The van der Waals surface area contributed by atoms with Gasteiger partial charge in [0.25, 0.3) is 0 Å². The molecule has 3 heteroatoms. The maximum absolute atomic E-state index is 12.0. The van der Waals surface area contributed by atoms with E-state index in [1.165, 1.54) is 12.8 Å². The van der Waals surface area contributed by atoms with Gasteiger partial charge in [0.05, 0.1) is 0 Å². The van der Waals surface area contributed by atoms with Crippen molar-refractivity contribution in [3.63, 3.8) is 0 Å². The lowest BCUT2D eigenvalue weighted by Gasteiger charge is -2.21. The van der Waals surface area contributed by atoms with Crippen LogP contribution in [-0.2, 0) is 4.79 Å². The summed E-state index contributed by atoms with van der Waals surface area (Å²) in [6.07, 6.45) is 5.29. The molecule has 1 rings (SSSR count). The molecule has 106 valence electrons. The number of carbonyl (C=O) groups is 1. The fraction of sp³-hybridized carbons (Fsp3) is 0.933. The summed E-state index contributed by atoms with van der Waals surface area (Å²) >= 11 is 0. The smallest absolute Gasteiger partial charge is 0.222 e. The van der Waals surface area contributed by atoms with Crippen molar-refractivity contribution in [2.24, 2.45) is 11.8 Å².